The van der Waals surface area contributed by atoms with Gasteiger partial charge in [0.05, 0.1) is 18.4 Å². The molecule has 9 heteroatoms. The van der Waals surface area contributed by atoms with E-state index in [4.69, 9.17) is 11.6 Å². The van der Waals surface area contributed by atoms with Gasteiger partial charge in [-0.25, -0.2) is 4.79 Å². The topological polar surface area (TPSA) is 107 Å². The molecule has 1 rings (SSSR count). The number of halogens is 1. The summed E-state index contributed by atoms with van der Waals surface area (Å²) in [6.45, 7) is 0.910. The number of rotatable bonds is 4. The van der Waals surface area contributed by atoms with Crippen molar-refractivity contribution in [2.45, 2.75) is 19.1 Å². The Bertz CT molecular complexity index is 456. The number of hydrogen-bond donors (Lipinski definition) is 1. The van der Waals surface area contributed by atoms with Crippen LogP contribution in [-0.4, -0.2) is 38.5 Å². The maximum absolute atomic E-state index is 11.2. The predicted octanol–water partition coefficient (Wildman–Crippen LogP) is 0.369. The lowest BCUT2D eigenvalue weighted by molar-refractivity contribution is -0.389. The van der Waals surface area contributed by atoms with Gasteiger partial charge < -0.3 is 20.0 Å². The average molecular weight is 264 g/mol. The van der Waals surface area contributed by atoms with E-state index in [1.54, 1.807) is 0 Å². The Kier molecular flexibility index (Phi) is 3.69. The molecule has 1 unspecified atom stereocenters. The summed E-state index contributed by atoms with van der Waals surface area (Å²) in [7, 11) is 1.12. The summed E-state index contributed by atoms with van der Waals surface area (Å²) in [6.07, 6.45) is 1.15. The van der Waals surface area contributed by atoms with E-state index < -0.39 is 22.3 Å². The number of nitrogens with zero attached hydrogens (tertiary/aromatic N) is 3. The number of carbonyl (C=O) groups excluding carboxylic acids is 1. The fourth-order valence-electron chi connectivity index (χ4n) is 1.19. The van der Waals surface area contributed by atoms with Crippen LogP contribution in [0.5, 0.6) is 0 Å². The fourth-order valence-corrected chi connectivity index (χ4v) is 1.41. The Morgan fingerprint density at radius 1 is 1.82 bits per heavy atom. The average Bonchev–Trinajstić information content (AvgIpc) is 2.57. The van der Waals surface area contributed by atoms with Gasteiger partial charge in [0.2, 0.25) is 0 Å². The highest BCUT2D eigenvalue weighted by atomic mass is 35.5. The minimum atomic E-state index is -1.84. The van der Waals surface area contributed by atoms with Gasteiger partial charge >= 0.3 is 11.8 Å². The summed E-state index contributed by atoms with van der Waals surface area (Å²) in [6, 6.07) is 0. The fraction of sp³-hybridized carbons (Fsp3) is 0.500. The Labute approximate surface area is 101 Å². The van der Waals surface area contributed by atoms with E-state index in [0.717, 1.165) is 18.0 Å². The molecule has 8 nitrogen and oxygen atoms in total. The molecule has 1 N–H and O–H groups in total. The normalized spacial score (nSPS) is 14.1. The summed E-state index contributed by atoms with van der Waals surface area (Å²) in [5.74, 6) is -1.40. The van der Waals surface area contributed by atoms with Crippen molar-refractivity contribution >= 4 is 23.4 Å². The minimum absolute atomic E-state index is 0.171. The van der Waals surface area contributed by atoms with Crippen LogP contribution in [-0.2, 0) is 16.1 Å². The Hall–Kier alpha value is -1.67. The monoisotopic (exact) mass is 263 g/mol. The molecule has 0 fully saturated rings. The van der Waals surface area contributed by atoms with Gasteiger partial charge in [0.1, 0.15) is 6.54 Å². The Balaban J connectivity index is 2.93. The van der Waals surface area contributed by atoms with Crippen molar-refractivity contribution in [2.75, 3.05) is 7.11 Å². The van der Waals surface area contributed by atoms with Crippen LogP contribution < -0.4 is 0 Å². The second-order valence-electron chi connectivity index (χ2n) is 3.52. The number of carbonyl (C=O) groups is 1. The van der Waals surface area contributed by atoms with Crippen LogP contribution in [0.2, 0.25) is 5.02 Å². The lowest BCUT2D eigenvalue weighted by Gasteiger charge is -2.18. The van der Waals surface area contributed by atoms with E-state index in [1.165, 1.54) is 6.92 Å². The van der Waals surface area contributed by atoms with Gasteiger partial charge in [-0.15, -0.1) is 0 Å². The number of hydrogen-bond acceptors (Lipinski definition) is 6. The van der Waals surface area contributed by atoms with Crippen molar-refractivity contribution in [2.24, 2.45) is 0 Å². The van der Waals surface area contributed by atoms with Crippen LogP contribution in [0.1, 0.15) is 6.92 Å². The molecule has 0 saturated heterocycles. The number of aromatic nitrogens is 2. The largest absolute Gasteiger partial charge is 0.467 e. The lowest BCUT2D eigenvalue weighted by Crippen LogP contribution is -2.40. The number of esters is 1. The summed E-state index contributed by atoms with van der Waals surface area (Å²) in [5, 5.41) is 23.6. The van der Waals surface area contributed by atoms with Gasteiger partial charge in [-0.1, -0.05) is 11.6 Å². The summed E-state index contributed by atoms with van der Waals surface area (Å²) in [4.78, 5) is 20.9. The van der Waals surface area contributed by atoms with Crippen molar-refractivity contribution in [1.82, 2.24) is 9.78 Å². The minimum Gasteiger partial charge on any atom is -0.467 e. The quantitative estimate of drug-likeness (QED) is 0.478. The van der Waals surface area contributed by atoms with Crippen LogP contribution in [0.15, 0.2) is 6.20 Å². The van der Waals surface area contributed by atoms with E-state index in [2.05, 4.69) is 9.84 Å². The van der Waals surface area contributed by atoms with Crippen molar-refractivity contribution in [1.29, 1.82) is 0 Å². The number of nitro groups is 1. The van der Waals surface area contributed by atoms with E-state index in [-0.39, 0.29) is 11.6 Å². The van der Waals surface area contributed by atoms with Crippen LogP contribution >= 0.6 is 11.6 Å². The lowest BCUT2D eigenvalue weighted by atomic mass is 10.1. The molecule has 1 aromatic heterocycles. The molecule has 1 atom stereocenters. The number of methoxy groups -OCH3 is 1. The molecule has 0 spiro atoms. The Morgan fingerprint density at radius 2 is 2.41 bits per heavy atom. The molecule has 17 heavy (non-hydrogen) atoms. The molecule has 0 bridgehead atoms. The Morgan fingerprint density at radius 3 is 2.82 bits per heavy atom. The molecule has 0 aliphatic carbocycles. The zero-order valence-corrected chi connectivity index (χ0v) is 9.84. The molecular weight excluding hydrogens is 254 g/mol. The van der Waals surface area contributed by atoms with Gasteiger partial charge in [-0.3, -0.25) is 0 Å². The van der Waals surface area contributed by atoms with Gasteiger partial charge in [-0.2, -0.15) is 4.68 Å². The molecule has 0 radical (unpaired) electrons. The van der Waals surface area contributed by atoms with Crippen molar-refractivity contribution < 1.29 is 19.6 Å². The van der Waals surface area contributed by atoms with E-state index >= 15 is 0 Å². The van der Waals surface area contributed by atoms with Gasteiger partial charge in [-0.05, 0) is 11.8 Å². The molecule has 0 aliphatic rings. The van der Waals surface area contributed by atoms with Crippen molar-refractivity contribution in [3.05, 3.63) is 21.3 Å². The third kappa shape index (κ3) is 2.92. The summed E-state index contributed by atoms with van der Waals surface area (Å²) in [5.41, 5.74) is -1.84. The summed E-state index contributed by atoms with van der Waals surface area (Å²) >= 11 is 5.56. The van der Waals surface area contributed by atoms with E-state index in [9.17, 15) is 20.0 Å². The maximum Gasteiger partial charge on any atom is 0.408 e. The first-order valence-corrected chi connectivity index (χ1v) is 4.84. The molecular formula is C8H10ClN3O5. The highest BCUT2D eigenvalue weighted by molar-refractivity contribution is 6.32. The first-order valence-electron chi connectivity index (χ1n) is 4.46. The van der Waals surface area contributed by atoms with Crippen LogP contribution in [0.25, 0.3) is 0 Å². The zero-order chi connectivity index (χ0) is 13.2. The maximum atomic E-state index is 11.2. The molecule has 1 heterocycles. The third-order valence-corrected chi connectivity index (χ3v) is 2.23. The van der Waals surface area contributed by atoms with Crippen LogP contribution in [0.3, 0.4) is 0 Å². The molecule has 0 aliphatic heterocycles. The SMILES string of the molecule is COC(=O)C(C)(O)Cn1cc(Cl)c([N+](=O)[O-])n1. The van der Waals surface area contributed by atoms with E-state index in [0.29, 0.717) is 0 Å². The van der Waals surface area contributed by atoms with Gasteiger partial charge in [0.15, 0.2) is 10.6 Å². The molecule has 1 aromatic rings. The summed E-state index contributed by atoms with van der Waals surface area (Å²) < 4.78 is 5.39. The molecule has 94 valence electrons. The van der Waals surface area contributed by atoms with Crippen molar-refractivity contribution in [3.63, 3.8) is 0 Å². The highest BCUT2D eigenvalue weighted by Gasteiger charge is 2.34. The number of ether oxygens (including phenoxy) is 1. The standard InChI is InChI=1S/C8H10ClN3O5/c1-8(14,7(13)17-2)4-11-3-5(9)6(10-11)12(15)16/h3,14H,4H2,1-2H3. The highest BCUT2D eigenvalue weighted by Crippen LogP contribution is 2.22. The molecule has 0 amide bonds. The second kappa shape index (κ2) is 4.68. The first kappa shape index (κ1) is 13.4. The molecule has 0 aromatic carbocycles. The van der Waals surface area contributed by atoms with E-state index in [1.807, 2.05) is 0 Å². The number of aliphatic hydroxyl groups is 1. The second-order valence-corrected chi connectivity index (χ2v) is 3.93. The van der Waals surface area contributed by atoms with Gasteiger partial charge in [0.25, 0.3) is 0 Å². The zero-order valence-electron chi connectivity index (χ0n) is 9.08. The molecule has 0 saturated carbocycles. The predicted molar refractivity (Wildman–Crippen MR) is 56.5 cm³/mol. The van der Waals surface area contributed by atoms with Crippen molar-refractivity contribution in [3.8, 4) is 0 Å². The smallest absolute Gasteiger partial charge is 0.408 e. The van der Waals surface area contributed by atoms with Crippen LogP contribution in [0.4, 0.5) is 5.82 Å². The van der Waals surface area contributed by atoms with Gasteiger partial charge in [0, 0.05) is 0 Å². The third-order valence-electron chi connectivity index (χ3n) is 1.97. The first-order chi connectivity index (χ1) is 7.77. The van der Waals surface area contributed by atoms with Crippen LogP contribution in [0, 0.1) is 10.1 Å².